The summed E-state index contributed by atoms with van der Waals surface area (Å²) < 4.78 is 7.14. The fourth-order valence-corrected chi connectivity index (χ4v) is 2.31. The van der Waals surface area contributed by atoms with Crippen LogP contribution in [-0.2, 0) is 16.1 Å². The summed E-state index contributed by atoms with van der Waals surface area (Å²) in [5, 5.41) is 12.3. The molecule has 0 saturated heterocycles. The number of hydrogen-bond donors (Lipinski definition) is 2. The summed E-state index contributed by atoms with van der Waals surface area (Å²) in [6, 6.07) is 0. The summed E-state index contributed by atoms with van der Waals surface area (Å²) in [5.41, 5.74) is 0.860. The minimum absolute atomic E-state index is 0.167. The molecule has 0 aliphatic heterocycles. The molecule has 2 N–H and O–H groups in total. The number of esters is 1. The van der Waals surface area contributed by atoms with E-state index in [0.717, 1.165) is 6.42 Å². The minimum atomic E-state index is -0.487. The highest BCUT2D eigenvalue weighted by molar-refractivity contribution is 5.82. The monoisotopic (exact) mass is 349 g/mol. The van der Waals surface area contributed by atoms with E-state index in [2.05, 4.69) is 20.3 Å². The van der Waals surface area contributed by atoms with E-state index in [1.807, 2.05) is 32.3 Å². The lowest BCUT2D eigenvalue weighted by molar-refractivity contribution is -0.155. The van der Waals surface area contributed by atoms with Gasteiger partial charge >= 0.3 is 5.97 Å². The van der Waals surface area contributed by atoms with Crippen LogP contribution in [0.5, 0.6) is 0 Å². The van der Waals surface area contributed by atoms with Crippen molar-refractivity contribution in [2.75, 3.05) is 18.5 Å². The standard InChI is InChI=1S/C17H27N5O3/c1-12(9-23)5-7-18-15-14-16(20-10-19-15)22(11-21-14)8-6-13(24)25-17(2,3)4/h10-12,23H,5-9H2,1-4H3,(H,18,19,20)/t12-/m1/s1. The van der Waals surface area contributed by atoms with Gasteiger partial charge in [0.1, 0.15) is 17.4 Å². The maximum atomic E-state index is 11.9. The van der Waals surface area contributed by atoms with Crippen molar-refractivity contribution < 1.29 is 14.6 Å². The number of nitrogens with zero attached hydrogens (tertiary/aromatic N) is 4. The van der Waals surface area contributed by atoms with E-state index in [-0.39, 0.29) is 24.9 Å². The Labute approximate surface area is 147 Å². The Morgan fingerprint density at radius 3 is 2.80 bits per heavy atom. The van der Waals surface area contributed by atoms with Crippen molar-refractivity contribution in [3.05, 3.63) is 12.7 Å². The molecule has 2 aromatic heterocycles. The molecule has 0 radical (unpaired) electrons. The Balaban J connectivity index is 2.01. The molecular formula is C17H27N5O3. The number of hydrogen-bond acceptors (Lipinski definition) is 7. The molecule has 0 aliphatic carbocycles. The molecule has 0 saturated carbocycles. The zero-order valence-electron chi connectivity index (χ0n) is 15.3. The fourth-order valence-electron chi connectivity index (χ4n) is 2.31. The zero-order valence-corrected chi connectivity index (χ0v) is 15.3. The number of aliphatic hydroxyl groups is 1. The van der Waals surface area contributed by atoms with Crippen LogP contribution in [0.4, 0.5) is 5.82 Å². The average molecular weight is 349 g/mol. The molecule has 25 heavy (non-hydrogen) atoms. The molecule has 1 atom stereocenters. The van der Waals surface area contributed by atoms with E-state index >= 15 is 0 Å². The quantitative estimate of drug-likeness (QED) is 0.703. The van der Waals surface area contributed by atoms with Crippen molar-refractivity contribution in [1.82, 2.24) is 19.5 Å². The molecule has 0 bridgehead atoms. The normalized spacial score (nSPS) is 13.0. The molecule has 2 rings (SSSR count). The molecular weight excluding hydrogens is 322 g/mol. The van der Waals surface area contributed by atoms with Gasteiger partial charge in [-0.15, -0.1) is 0 Å². The third-order valence-corrected chi connectivity index (χ3v) is 3.62. The van der Waals surface area contributed by atoms with Gasteiger partial charge in [-0.2, -0.15) is 0 Å². The smallest absolute Gasteiger partial charge is 0.308 e. The van der Waals surface area contributed by atoms with Crippen LogP contribution < -0.4 is 5.32 Å². The molecule has 8 heteroatoms. The van der Waals surface area contributed by atoms with Gasteiger partial charge in [0.15, 0.2) is 11.5 Å². The van der Waals surface area contributed by atoms with Gasteiger partial charge in [0.25, 0.3) is 0 Å². The van der Waals surface area contributed by atoms with Crippen LogP contribution in [0.3, 0.4) is 0 Å². The number of aliphatic hydroxyl groups excluding tert-OH is 1. The molecule has 0 fully saturated rings. The van der Waals surface area contributed by atoms with E-state index in [1.165, 1.54) is 6.33 Å². The highest BCUT2D eigenvalue weighted by Gasteiger charge is 2.17. The van der Waals surface area contributed by atoms with Crippen molar-refractivity contribution in [2.45, 2.75) is 52.7 Å². The second kappa shape index (κ2) is 8.24. The lowest BCUT2D eigenvalue weighted by Gasteiger charge is -2.19. The number of aromatic nitrogens is 4. The van der Waals surface area contributed by atoms with Gasteiger partial charge < -0.3 is 19.7 Å². The van der Waals surface area contributed by atoms with Gasteiger partial charge in [0.05, 0.1) is 12.7 Å². The van der Waals surface area contributed by atoms with E-state index in [4.69, 9.17) is 9.84 Å². The molecule has 0 amide bonds. The van der Waals surface area contributed by atoms with Crippen LogP contribution in [0.2, 0.25) is 0 Å². The first-order chi connectivity index (χ1) is 11.8. The Hall–Kier alpha value is -2.22. The van der Waals surface area contributed by atoms with Gasteiger partial charge in [0, 0.05) is 19.7 Å². The Kier molecular flexibility index (Phi) is 6.30. The van der Waals surface area contributed by atoms with Gasteiger partial charge in [0.2, 0.25) is 0 Å². The molecule has 138 valence electrons. The summed E-state index contributed by atoms with van der Waals surface area (Å²) in [4.78, 5) is 24.7. The number of ether oxygens (including phenoxy) is 1. The maximum absolute atomic E-state index is 11.9. The summed E-state index contributed by atoms with van der Waals surface area (Å²) in [5.74, 6) is 0.641. The predicted molar refractivity (Wildman–Crippen MR) is 95.1 cm³/mol. The first kappa shape index (κ1) is 19.1. The summed E-state index contributed by atoms with van der Waals surface area (Å²) >= 11 is 0. The van der Waals surface area contributed by atoms with Gasteiger partial charge in [-0.1, -0.05) is 6.92 Å². The minimum Gasteiger partial charge on any atom is -0.460 e. The number of anilines is 1. The number of nitrogens with one attached hydrogen (secondary N) is 1. The second-order valence-electron chi connectivity index (χ2n) is 7.17. The summed E-state index contributed by atoms with van der Waals surface area (Å²) in [7, 11) is 0. The third-order valence-electron chi connectivity index (χ3n) is 3.62. The third kappa shape index (κ3) is 5.67. The molecule has 0 aromatic carbocycles. The van der Waals surface area contributed by atoms with Crippen LogP contribution in [0.1, 0.15) is 40.5 Å². The number of fused-ring (bicyclic) bond motifs is 1. The highest BCUT2D eigenvalue weighted by Crippen LogP contribution is 2.18. The van der Waals surface area contributed by atoms with Crippen LogP contribution in [-0.4, -0.2) is 49.3 Å². The lowest BCUT2D eigenvalue weighted by atomic mass is 10.1. The summed E-state index contributed by atoms with van der Waals surface area (Å²) in [6.45, 7) is 8.84. The Morgan fingerprint density at radius 1 is 1.36 bits per heavy atom. The van der Waals surface area contributed by atoms with Gasteiger partial charge in [-0.05, 0) is 33.1 Å². The molecule has 0 unspecified atom stereocenters. The first-order valence-corrected chi connectivity index (χ1v) is 8.52. The number of aryl methyl sites for hydroxylation is 1. The molecule has 2 heterocycles. The Morgan fingerprint density at radius 2 is 2.12 bits per heavy atom. The predicted octanol–water partition coefficient (Wildman–Crippen LogP) is 1.99. The largest absolute Gasteiger partial charge is 0.460 e. The zero-order chi connectivity index (χ0) is 18.4. The van der Waals surface area contributed by atoms with Crippen molar-refractivity contribution >= 4 is 23.0 Å². The number of rotatable bonds is 8. The van der Waals surface area contributed by atoms with E-state index in [1.54, 1.807) is 6.33 Å². The topological polar surface area (TPSA) is 102 Å². The van der Waals surface area contributed by atoms with Crippen molar-refractivity contribution in [3.63, 3.8) is 0 Å². The van der Waals surface area contributed by atoms with E-state index < -0.39 is 5.60 Å². The Bertz CT molecular complexity index is 708. The number of carbonyl (C=O) groups excluding carboxylic acids is 1. The SMILES string of the molecule is C[C@@H](CO)CCNc1ncnc2c1ncn2CCC(=O)OC(C)(C)C. The van der Waals surface area contributed by atoms with E-state index in [9.17, 15) is 4.79 Å². The first-order valence-electron chi connectivity index (χ1n) is 8.52. The number of imidazole rings is 1. The molecule has 2 aromatic rings. The maximum Gasteiger partial charge on any atom is 0.308 e. The van der Waals surface area contributed by atoms with Gasteiger partial charge in [-0.3, -0.25) is 4.79 Å². The molecule has 8 nitrogen and oxygen atoms in total. The average Bonchev–Trinajstić information content (AvgIpc) is 2.95. The second-order valence-corrected chi connectivity index (χ2v) is 7.17. The van der Waals surface area contributed by atoms with Crippen LogP contribution in [0, 0.1) is 5.92 Å². The fraction of sp³-hybridized carbons (Fsp3) is 0.647. The van der Waals surface area contributed by atoms with Crippen LogP contribution in [0.25, 0.3) is 11.2 Å². The van der Waals surface area contributed by atoms with Crippen molar-refractivity contribution in [1.29, 1.82) is 0 Å². The molecule has 0 aliphatic rings. The lowest BCUT2D eigenvalue weighted by Crippen LogP contribution is -2.24. The summed E-state index contributed by atoms with van der Waals surface area (Å²) in [6.07, 6.45) is 4.22. The highest BCUT2D eigenvalue weighted by atomic mass is 16.6. The van der Waals surface area contributed by atoms with E-state index in [0.29, 0.717) is 30.1 Å². The van der Waals surface area contributed by atoms with Crippen LogP contribution in [0.15, 0.2) is 12.7 Å². The van der Waals surface area contributed by atoms with Crippen molar-refractivity contribution in [2.24, 2.45) is 5.92 Å². The number of carbonyl (C=O) groups is 1. The van der Waals surface area contributed by atoms with Crippen LogP contribution >= 0.6 is 0 Å². The van der Waals surface area contributed by atoms with Crippen molar-refractivity contribution in [3.8, 4) is 0 Å². The van der Waals surface area contributed by atoms with Gasteiger partial charge in [-0.25, -0.2) is 15.0 Å². The molecule has 0 spiro atoms.